The Morgan fingerprint density at radius 2 is 1.68 bits per heavy atom. The van der Waals surface area contributed by atoms with Gasteiger partial charge in [-0.3, -0.25) is 4.79 Å². The first-order valence-corrected chi connectivity index (χ1v) is 7.45. The Bertz CT molecular complexity index is 757. The molecule has 1 N–H and O–H groups in total. The number of ether oxygens (including phenoxy) is 2. The molecule has 0 aliphatic carbocycles. The van der Waals surface area contributed by atoms with Gasteiger partial charge in [-0.25, -0.2) is 4.79 Å². The number of rotatable bonds is 6. The van der Waals surface area contributed by atoms with Crippen LogP contribution in [-0.2, 0) is 9.53 Å². The average Bonchev–Trinajstić information content (AvgIpc) is 2.56. The van der Waals surface area contributed by atoms with E-state index < -0.39 is 25.1 Å². The minimum atomic E-state index is -3.07. The number of aryl methyl sites for hydroxylation is 2. The van der Waals surface area contributed by atoms with Crippen LogP contribution < -0.4 is 10.1 Å². The zero-order valence-corrected chi connectivity index (χ0v) is 13.7. The first-order valence-electron chi connectivity index (χ1n) is 7.45. The molecule has 0 aliphatic rings. The van der Waals surface area contributed by atoms with Crippen LogP contribution in [-0.4, -0.2) is 25.1 Å². The van der Waals surface area contributed by atoms with E-state index in [4.69, 9.17) is 4.74 Å². The molecule has 2 aromatic rings. The predicted molar refractivity (Wildman–Crippen MR) is 87.9 cm³/mol. The SMILES string of the molecule is Cc1cccc(C)c1NC(=O)COC(=O)c1ccccc1OC(F)F. The van der Waals surface area contributed by atoms with Gasteiger partial charge >= 0.3 is 12.6 Å². The molecule has 0 aromatic heterocycles. The number of para-hydroxylation sites is 2. The molecule has 1 amide bonds. The maximum absolute atomic E-state index is 12.4. The van der Waals surface area contributed by atoms with E-state index in [0.29, 0.717) is 5.69 Å². The highest BCUT2D eigenvalue weighted by Crippen LogP contribution is 2.22. The third-order valence-electron chi connectivity index (χ3n) is 3.40. The zero-order valence-electron chi connectivity index (χ0n) is 13.7. The van der Waals surface area contributed by atoms with Gasteiger partial charge in [0.1, 0.15) is 11.3 Å². The first-order chi connectivity index (χ1) is 11.9. The monoisotopic (exact) mass is 349 g/mol. The van der Waals surface area contributed by atoms with Crippen molar-refractivity contribution in [2.75, 3.05) is 11.9 Å². The number of hydrogen-bond donors (Lipinski definition) is 1. The standard InChI is InChI=1S/C18H17F2NO4/c1-11-6-5-7-12(2)16(11)21-15(22)10-24-17(23)13-8-3-4-9-14(13)25-18(19)20/h3-9,18H,10H2,1-2H3,(H,21,22). The lowest BCUT2D eigenvalue weighted by atomic mass is 10.1. The summed E-state index contributed by atoms with van der Waals surface area (Å²) in [5.41, 5.74) is 2.21. The normalized spacial score (nSPS) is 10.4. The second-order valence-electron chi connectivity index (χ2n) is 5.27. The lowest BCUT2D eigenvalue weighted by molar-refractivity contribution is -0.119. The summed E-state index contributed by atoms with van der Waals surface area (Å²) in [6, 6.07) is 11.0. The molecule has 0 atom stereocenters. The Morgan fingerprint density at radius 3 is 2.32 bits per heavy atom. The molecule has 0 spiro atoms. The molecule has 0 bridgehead atoms. The Balaban J connectivity index is 1.99. The molecule has 0 saturated heterocycles. The summed E-state index contributed by atoms with van der Waals surface area (Å²) in [6.07, 6.45) is 0. The number of alkyl halides is 2. The fourth-order valence-electron chi connectivity index (χ4n) is 2.23. The van der Waals surface area contributed by atoms with E-state index in [1.54, 1.807) is 0 Å². The zero-order chi connectivity index (χ0) is 18.4. The molecule has 2 rings (SSSR count). The maximum atomic E-state index is 12.4. The van der Waals surface area contributed by atoms with Crippen molar-refractivity contribution in [3.8, 4) is 5.75 Å². The Morgan fingerprint density at radius 1 is 1.04 bits per heavy atom. The fourth-order valence-corrected chi connectivity index (χ4v) is 2.23. The third-order valence-corrected chi connectivity index (χ3v) is 3.40. The van der Waals surface area contributed by atoms with Crippen LogP contribution in [0.15, 0.2) is 42.5 Å². The largest absolute Gasteiger partial charge is 0.452 e. The summed E-state index contributed by atoms with van der Waals surface area (Å²) >= 11 is 0. The van der Waals surface area contributed by atoms with Crippen molar-refractivity contribution in [3.05, 3.63) is 59.2 Å². The Kier molecular flexibility index (Phi) is 6.05. The van der Waals surface area contributed by atoms with Crippen molar-refractivity contribution in [2.24, 2.45) is 0 Å². The van der Waals surface area contributed by atoms with Crippen molar-refractivity contribution < 1.29 is 27.8 Å². The number of hydrogen-bond acceptors (Lipinski definition) is 4. The quantitative estimate of drug-likeness (QED) is 0.808. The number of benzene rings is 2. The van der Waals surface area contributed by atoms with Crippen molar-refractivity contribution in [2.45, 2.75) is 20.5 Å². The highest BCUT2D eigenvalue weighted by atomic mass is 19.3. The number of amides is 1. The highest BCUT2D eigenvalue weighted by molar-refractivity contribution is 5.97. The number of carbonyl (C=O) groups excluding carboxylic acids is 2. The summed E-state index contributed by atoms with van der Waals surface area (Å²) in [6.45, 7) is 0.0654. The summed E-state index contributed by atoms with van der Waals surface area (Å²) in [5, 5.41) is 2.66. The molecule has 7 heteroatoms. The number of nitrogens with one attached hydrogen (secondary N) is 1. The number of esters is 1. The van der Waals surface area contributed by atoms with E-state index >= 15 is 0 Å². The number of carbonyl (C=O) groups is 2. The van der Waals surface area contributed by atoms with Crippen molar-refractivity contribution in [1.82, 2.24) is 0 Å². The summed E-state index contributed by atoms with van der Waals surface area (Å²) in [5.74, 6) is -1.76. The Hall–Kier alpha value is -2.96. The molecule has 0 aliphatic heterocycles. The smallest absolute Gasteiger partial charge is 0.387 e. The van der Waals surface area contributed by atoms with Crippen LogP contribution in [0.4, 0.5) is 14.5 Å². The topological polar surface area (TPSA) is 64.6 Å². The molecule has 0 radical (unpaired) electrons. The van der Waals surface area contributed by atoms with Crippen LogP contribution in [0.5, 0.6) is 5.75 Å². The van der Waals surface area contributed by atoms with Crippen LogP contribution in [0.1, 0.15) is 21.5 Å². The molecular weight excluding hydrogens is 332 g/mol. The highest BCUT2D eigenvalue weighted by Gasteiger charge is 2.18. The van der Waals surface area contributed by atoms with Crippen molar-refractivity contribution in [3.63, 3.8) is 0 Å². The second-order valence-corrected chi connectivity index (χ2v) is 5.27. The summed E-state index contributed by atoms with van der Waals surface area (Å²) in [4.78, 5) is 24.0. The molecule has 0 heterocycles. The fraction of sp³-hybridized carbons (Fsp3) is 0.222. The van der Waals surface area contributed by atoms with Crippen molar-refractivity contribution in [1.29, 1.82) is 0 Å². The van der Waals surface area contributed by atoms with E-state index in [0.717, 1.165) is 11.1 Å². The summed E-state index contributed by atoms with van der Waals surface area (Å²) in [7, 11) is 0. The third kappa shape index (κ3) is 5.00. The number of halogens is 2. The van der Waals surface area contributed by atoms with E-state index in [1.165, 1.54) is 24.3 Å². The van der Waals surface area contributed by atoms with Gasteiger partial charge < -0.3 is 14.8 Å². The van der Waals surface area contributed by atoms with Crippen LogP contribution in [0, 0.1) is 13.8 Å². The molecule has 0 saturated carbocycles. The van der Waals surface area contributed by atoms with Gasteiger partial charge in [-0.2, -0.15) is 8.78 Å². The molecule has 0 fully saturated rings. The Labute approximate surface area is 143 Å². The van der Waals surface area contributed by atoms with Gasteiger partial charge in [0.2, 0.25) is 0 Å². The predicted octanol–water partition coefficient (Wildman–Crippen LogP) is 3.70. The van der Waals surface area contributed by atoms with E-state index in [1.807, 2.05) is 32.0 Å². The first kappa shape index (κ1) is 18.4. The van der Waals surface area contributed by atoms with Gasteiger partial charge in [-0.05, 0) is 37.1 Å². The molecule has 5 nitrogen and oxygen atoms in total. The van der Waals surface area contributed by atoms with E-state index in [9.17, 15) is 18.4 Å². The van der Waals surface area contributed by atoms with Gasteiger partial charge in [0.25, 0.3) is 5.91 Å². The molecular formula is C18H17F2NO4. The lowest BCUT2D eigenvalue weighted by Gasteiger charge is -2.12. The van der Waals surface area contributed by atoms with Crippen LogP contribution >= 0.6 is 0 Å². The van der Waals surface area contributed by atoms with Gasteiger partial charge in [0, 0.05) is 5.69 Å². The molecule has 132 valence electrons. The van der Waals surface area contributed by atoms with Crippen LogP contribution in [0.25, 0.3) is 0 Å². The maximum Gasteiger partial charge on any atom is 0.387 e. The second kappa shape index (κ2) is 8.23. The molecule has 25 heavy (non-hydrogen) atoms. The van der Waals surface area contributed by atoms with Gasteiger partial charge in [0.05, 0.1) is 0 Å². The van der Waals surface area contributed by atoms with Crippen LogP contribution in [0.3, 0.4) is 0 Å². The van der Waals surface area contributed by atoms with Gasteiger partial charge in [0.15, 0.2) is 6.61 Å². The van der Waals surface area contributed by atoms with Crippen molar-refractivity contribution >= 4 is 17.6 Å². The minimum absolute atomic E-state index is 0.178. The van der Waals surface area contributed by atoms with E-state index in [2.05, 4.69) is 10.1 Å². The lowest BCUT2D eigenvalue weighted by Crippen LogP contribution is -2.22. The van der Waals surface area contributed by atoms with Crippen LogP contribution in [0.2, 0.25) is 0 Å². The average molecular weight is 349 g/mol. The minimum Gasteiger partial charge on any atom is -0.452 e. The van der Waals surface area contributed by atoms with E-state index in [-0.39, 0.29) is 11.3 Å². The number of anilines is 1. The molecule has 0 unspecified atom stereocenters. The summed E-state index contributed by atoms with van der Waals surface area (Å²) < 4.78 is 33.9. The molecule has 2 aromatic carbocycles. The van der Waals surface area contributed by atoms with Gasteiger partial charge in [-0.15, -0.1) is 0 Å². The van der Waals surface area contributed by atoms with Gasteiger partial charge in [-0.1, -0.05) is 30.3 Å².